The smallest absolute Gasteiger partial charge is 0.342 e. The molecule has 1 aliphatic heterocycles. The van der Waals surface area contributed by atoms with Gasteiger partial charge < -0.3 is 4.90 Å². The Bertz CT molecular complexity index is 807. The number of hydrogen-bond acceptors (Lipinski definition) is 3. The van der Waals surface area contributed by atoms with Gasteiger partial charge in [0.15, 0.2) is 0 Å². The van der Waals surface area contributed by atoms with Crippen molar-refractivity contribution in [3.63, 3.8) is 0 Å². The van der Waals surface area contributed by atoms with Gasteiger partial charge in [-0.05, 0) is 31.4 Å². The lowest BCUT2D eigenvalue weighted by Gasteiger charge is -2.32. The predicted octanol–water partition coefficient (Wildman–Crippen LogP) is 2.24. The van der Waals surface area contributed by atoms with Crippen molar-refractivity contribution in [1.29, 1.82) is 0 Å². The van der Waals surface area contributed by atoms with E-state index in [1.807, 2.05) is 35.2 Å². The average Bonchev–Trinajstić information content (AvgIpc) is 2.95. The maximum atomic E-state index is 12.6. The van der Waals surface area contributed by atoms with Crippen LogP contribution in [-0.4, -0.2) is 38.2 Å². The highest BCUT2D eigenvalue weighted by Gasteiger charge is 2.29. The van der Waals surface area contributed by atoms with Gasteiger partial charge in [0, 0.05) is 32.5 Å². The third-order valence-electron chi connectivity index (χ3n) is 4.67. The van der Waals surface area contributed by atoms with Crippen LogP contribution in [0.2, 0.25) is 0 Å². The highest BCUT2D eigenvalue weighted by Crippen LogP contribution is 2.27. The van der Waals surface area contributed by atoms with Gasteiger partial charge in [0.25, 0.3) is 0 Å². The molecule has 1 unspecified atom stereocenters. The Morgan fingerprint density at radius 1 is 1.36 bits per heavy atom. The first-order chi connectivity index (χ1) is 12.1. The Balaban J connectivity index is 1.89. The maximum absolute atomic E-state index is 12.6. The SMILES string of the molecule is C=CCCC(=O)N1CCCC(c2nn(C)c(=O)n2-c2ccccc2)C1. The first kappa shape index (κ1) is 17.2. The Hall–Kier alpha value is -2.63. The van der Waals surface area contributed by atoms with Gasteiger partial charge in [-0.2, -0.15) is 5.10 Å². The molecule has 25 heavy (non-hydrogen) atoms. The number of likely N-dealkylation sites (tertiary alicyclic amines) is 1. The van der Waals surface area contributed by atoms with E-state index < -0.39 is 0 Å². The maximum Gasteiger partial charge on any atom is 0.350 e. The molecule has 2 heterocycles. The monoisotopic (exact) mass is 340 g/mol. The molecule has 0 N–H and O–H groups in total. The fourth-order valence-electron chi connectivity index (χ4n) is 3.37. The molecule has 0 saturated carbocycles. The number of rotatable bonds is 5. The fraction of sp³-hybridized carbons (Fsp3) is 0.421. The molecule has 0 spiro atoms. The summed E-state index contributed by atoms with van der Waals surface area (Å²) in [6.45, 7) is 5.06. The zero-order valence-corrected chi connectivity index (χ0v) is 14.6. The molecule has 0 aliphatic carbocycles. The van der Waals surface area contributed by atoms with Gasteiger partial charge >= 0.3 is 5.69 Å². The van der Waals surface area contributed by atoms with Crippen LogP contribution in [-0.2, 0) is 11.8 Å². The molecule has 1 fully saturated rings. The first-order valence-electron chi connectivity index (χ1n) is 8.72. The van der Waals surface area contributed by atoms with Crippen LogP contribution in [0.3, 0.4) is 0 Å². The van der Waals surface area contributed by atoms with Crippen LogP contribution in [0.5, 0.6) is 0 Å². The summed E-state index contributed by atoms with van der Waals surface area (Å²) in [6.07, 6.45) is 4.80. The van der Waals surface area contributed by atoms with Crippen molar-refractivity contribution in [2.75, 3.05) is 13.1 Å². The summed E-state index contributed by atoms with van der Waals surface area (Å²) < 4.78 is 3.04. The van der Waals surface area contributed by atoms with Gasteiger partial charge in [0.2, 0.25) is 5.91 Å². The molecule has 2 aromatic rings. The van der Waals surface area contributed by atoms with Crippen LogP contribution in [0.1, 0.15) is 37.4 Å². The minimum atomic E-state index is -0.156. The largest absolute Gasteiger partial charge is 0.350 e. The quantitative estimate of drug-likeness (QED) is 0.784. The highest BCUT2D eigenvalue weighted by molar-refractivity contribution is 5.76. The average molecular weight is 340 g/mol. The van der Waals surface area contributed by atoms with E-state index in [-0.39, 0.29) is 17.5 Å². The summed E-state index contributed by atoms with van der Waals surface area (Å²) >= 11 is 0. The Morgan fingerprint density at radius 2 is 2.12 bits per heavy atom. The number of para-hydroxylation sites is 1. The summed E-state index contributed by atoms with van der Waals surface area (Å²) in [5, 5.41) is 4.48. The lowest BCUT2D eigenvalue weighted by Crippen LogP contribution is -2.39. The third kappa shape index (κ3) is 3.57. The van der Waals surface area contributed by atoms with Crippen LogP contribution >= 0.6 is 0 Å². The van der Waals surface area contributed by atoms with E-state index in [4.69, 9.17) is 0 Å². The lowest BCUT2D eigenvalue weighted by atomic mass is 9.96. The van der Waals surface area contributed by atoms with E-state index in [0.29, 0.717) is 19.4 Å². The molecule has 1 atom stereocenters. The van der Waals surface area contributed by atoms with Gasteiger partial charge in [0.05, 0.1) is 5.69 Å². The van der Waals surface area contributed by atoms with Crippen molar-refractivity contribution in [3.8, 4) is 5.69 Å². The normalized spacial score (nSPS) is 17.5. The molecule has 0 radical (unpaired) electrons. The summed E-state index contributed by atoms with van der Waals surface area (Å²) in [6, 6.07) is 9.55. The minimum Gasteiger partial charge on any atom is -0.342 e. The number of allylic oxidation sites excluding steroid dienone is 1. The highest BCUT2D eigenvalue weighted by atomic mass is 16.2. The minimum absolute atomic E-state index is 0.0653. The van der Waals surface area contributed by atoms with Crippen LogP contribution in [0.15, 0.2) is 47.8 Å². The van der Waals surface area contributed by atoms with Crippen LogP contribution in [0.25, 0.3) is 5.69 Å². The second kappa shape index (κ2) is 7.51. The van der Waals surface area contributed by atoms with E-state index in [2.05, 4.69) is 11.7 Å². The summed E-state index contributed by atoms with van der Waals surface area (Å²) in [4.78, 5) is 26.8. The van der Waals surface area contributed by atoms with Crippen molar-refractivity contribution < 1.29 is 4.79 Å². The van der Waals surface area contributed by atoms with Gasteiger partial charge in [-0.25, -0.2) is 14.0 Å². The Labute approximate surface area is 147 Å². The van der Waals surface area contributed by atoms with E-state index >= 15 is 0 Å². The number of aromatic nitrogens is 3. The van der Waals surface area contributed by atoms with E-state index in [1.165, 1.54) is 4.68 Å². The van der Waals surface area contributed by atoms with Crippen molar-refractivity contribution in [2.24, 2.45) is 7.05 Å². The van der Waals surface area contributed by atoms with Gasteiger partial charge in [-0.1, -0.05) is 24.3 Å². The molecule has 6 nitrogen and oxygen atoms in total. The summed E-state index contributed by atoms with van der Waals surface area (Å²) in [5.74, 6) is 0.949. The zero-order chi connectivity index (χ0) is 17.8. The number of carbonyl (C=O) groups is 1. The molecule has 6 heteroatoms. The molecule has 1 amide bonds. The lowest BCUT2D eigenvalue weighted by molar-refractivity contribution is -0.132. The number of hydrogen-bond donors (Lipinski definition) is 0. The summed E-state index contributed by atoms with van der Waals surface area (Å²) in [7, 11) is 1.67. The van der Waals surface area contributed by atoms with Crippen molar-refractivity contribution in [3.05, 3.63) is 59.3 Å². The summed E-state index contributed by atoms with van der Waals surface area (Å²) in [5.41, 5.74) is 0.655. The van der Waals surface area contributed by atoms with Crippen LogP contribution < -0.4 is 5.69 Å². The number of nitrogens with zero attached hydrogens (tertiary/aromatic N) is 4. The fourth-order valence-corrected chi connectivity index (χ4v) is 3.37. The molecular formula is C19H24N4O2. The van der Waals surface area contributed by atoms with Gasteiger partial charge in [-0.3, -0.25) is 4.79 Å². The number of amides is 1. The number of benzene rings is 1. The molecule has 132 valence electrons. The van der Waals surface area contributed by atoms with Crippen molar-refractivity contribution in [1.82, 2.24) is 19.2 Å². The standard InChI is InChI=1S/C19H24N4O2/c1-3-4-12-17(24)22-13-8-9-15(14-22)18-20-21(2)19(25)23(18)16-10-6-5-7-11-16/h3,5-7,10-11,15H,1,4,8-9,12-14H2,2H3. The topological polar surface area (TPSA) is 60.1 Å². The Morgan fingerprint density at radius 3 is 2.84 bits per heavy atom. The second-order valence-corrected chi connectivity index (χ2v) is 6.44. The number of aryl methyl sites for hydroxylation is 1. The van der Waals surface area contributed by atoms with Gasteiger partial charge in [-0.15, -0.1) is 6.58 Å². The van der Waals surface area contributed by atoms with Gasteiger partial charge in [0.1, 0.15) is 5.82 Å². The third-order valence-corrected chi connectivity index (χ3v) is 4.67. The molecular weight excluding hydrogens is 316 g/mol. The predicted molar refractivity (Wildman–Crippen MR) is 96.8 cm³/mol. The molecule has 1 aliphatic rings. The zero-order valence-electron chi connectivity index (χ0n) is 14.6. The number of piperidine rings is 1. The molecule has 0 bridgehead atoms. The van der Waals surface area contributed by atoms with Crippen LogP contribution in [0, 0.1) is 0 Å². The molecule has 1 saturated heterocycles. The van der Waals surface area contributed by atoms with E-state index in [0.717, 1.165) is 30.9 Å². The molecule has 3 rings (SSSR count). The van der Waals surface area contributed by atoms with E-state index in [1.54, 1.807) is 17.7 Å². The van der Waals surface area contributed by atoms with Crippen LogP contribution in [0.4, 0.5) is 0 Å². The number of carbonyl (C=O) groups excluding carboxylic acids is 1. The molecule has 1 aromatic heterocycles. The van der Waals surface area contributed by atoms with Crippen molar-refractivity contribution in [2.45, 2.75) is 31.6 Å². The first-order valence-corrected chi connectivity index (χ1v) is 8.72. The van der Waals surface area contributed by atoms with Crippen molar-refractivity contribution >= 4 is 5.91 Å². The van der Waals surface area contributed by atoms with E-state index in [9.17, 15) is 9.59 Å². The molecule has 1 aromatic carbocycles. The second-order valence-electron chi connectivity index (χ2n) is 6.44. The Kier molecular flexibility index (Phi) is 5.16.